The summed E-state index contributed by atoms with van der Waals surface area (Å²) in [5.74, 6) is 0.332. The lowest BCUT2D eigenvalue weighted by Gasteiger charge is -2.32. The highest BCUT2D eigenvalue weighted by Crippen LogP contribution is 2.25. The molecule has 0 radical (unpaired) electrons. The Morgan fingerprint density at radius 2 is 2.11 bits per heavy atom. The topological polar surface area (TPSA) is 87.4 Å². The number of oxazole rings is 1. The predicted molar refractivity (Wildman–Crippen MR) is 104 cm³/mol. The van der Waals surface area contributed by atoms with Crippen molar-refractivity contribution < 1.29 is 14.3 Å². The quantitative estimate of drug-likeness (QED) is 0.662. The van der Waals surface area contributed by atoms with E-state index in [1.807, 2.05) is 37.3 Å². The van der Waals surface area contributed by atoms with E-state index in [4.69, 9.17) is 4.42 Å². The Morgan fingerprint density at radius 1 is 1.30 bits per heavy atom. The minimum Gasteiger partial charge on any atom is -0.436 e. The summed E-state index contributed by atoms with van der Waals surface area (Å²) in [6, 6.07) is 13.0. The molecule has 0 spiro atoms. The van der Waals surface area contributed by atoms with E-state index in [1.54, 1.807) is 12.1 Å². The van der Waals surface area contributed by atoms with Crippen LogP contribution in [-0.2, 0) is 0 Å². The van der Waals surface area contributed by atoms with Gasteiger partial charge in [-0.1, -0.05) is 6.07 Å². The fraction of sp³-hybridized carbons (Fsp3) is 0.333. The van der Waals surface area contributed by atoms with Crippen LogP contribution in [0.5, 0.6) is 0 Å². The van der Waals surface area contributed by atoms with Crippen molar-refractivity contribution in [3.8, 4) is 11.5 Å². The molecule has 6 heteroatoms. The highest BCUT2D eigenvalue weighted by atomic mass is 16.3. The second-order valence-corrected chi connectivity index (χ2v) is 7.25. The minimum atomic E-state index is -0.871. The van der Waals surface area contributed by atoms with Crippen LogP contribution in [0.3, 0.4) is 0 Å². The molecule has 3 N–H and O–H groups in total. The monoisotopic (exact) mass is 365 g/mol. The SMILES string of the molecule is Cc1ccc2oc(-c3ccc(C(=O)NC[C@]4(O)CCCNC4)cc3)nc2c1. The number of carbonyl (C=O) groups excluding carboxylic acids is 1. The van der Waals surface area contributed by atoms with E-state index in [9.17, 15) is 9.90 Å². The first-order valence-corrected chi connectivity index (χ1v) is 9.21. The van der Waals surface area contributed by atoms with Gasteiger partial charge in [0.2, 0.25) is 5.89 Å². The summed E-state index contributed by atoms with van der Waals surface area (Å²) in [6.45, 7) is 3.67. The summed E-state index contributed by atoms with van der Waals surface area (Å²) in [5, 5.41) is 16.4. The molecule has 1 aromatic heterocycles. The van der Waals surface area contributed by atoms with Crippen LogP contribution in [-0.4, -0.2) is 41.2 Å². The largest absolute Gasteiger partial charge is 0.436 e. The van der Waals surface area contributed by atoms with Gasteiger partial charge in [0.05, 0.1) is 5.60 Å². The van der Waals surface area contributed by atoms with Crippen molar-refractivity contribution in [1.29, 1.82) is 0 Å². The standard InChI is InChI=1S/C21H23N3O3/c1-14-3-8-18-17(11-14)24-20(27-18)16-6-4-15(5-7-16)19(25)23-13-21(26)9-2-10-22-12-21/h3-8,11,22,26H,2,9-10,12-13H2,1H3,(H,23,25)/t21-/m0/s1. The average molecular weight is 365 g/mol. The van der Waals surface area contributed by atoms with Gasteiger partial charge < -0.3 is 20.2 Å². The molecule has 27 heavy (non-hydrogen) atoms. The smallest absolute Gasteiger partial charge is 0.251 e. The zero-order valence-corrected chi connectivity index (χ0v) is 15.3. The van der Waals surface area contributed by atoms with Gasteiger partial charge in [-0.25, -0.2) is 4.98 Å². The third-order valence-corrected chi connectivity index (χ3v) is 4.96. The Balaban J connectivity index is 1.45. The number of carbonyl (C=O) groups is 1. The van der Waals surface area contributed by atoms with Crippen LogP contribution >= 0.6 is 0 Å². The summed E-state index contributed by atoms with van der Waals surface area (Å²) in [7, 11) is 0. The van der Waals surface area contributed by atoms with Gasteiger partial charge in [0.1, 0.15) is 5.52 Å². The summed E-state index contributed by atoms with van der Waals surface area (Å²) in [4.78, 5) is 16.9. The van der Waals surface area contributed by atoms with Crippen molar-refractivity contribution in [2.75, 3.05) is 19.6 Å². The Labute approximate surface area is 157 Å². The first-order chi connectivity index (χ1) is 13.0. The number of piperidine rings is 1. The van der Waals surface area contributed by atoms with Crippen molar-refractivity contribution >= 4 is 17.0 Å². The lowest BCUT2D eigenvalue weighted by Crippen LogP contribution is -2.52. The molecule has 1 saturated heterocycles. The summed E-state index contributed by atoms with van der Waals surface area (Å²) in [6.07, 6.45) is 1.60. The van der Waals surface area contributed by atoms with Gasteiger partial charge in [-0.2, -0.15) is 0 Å². The number of aromatic nitrogens is 1. The molecule has 4 rings (SSSR count). The molecule has 1 aliphatic heterocycles. The number of aryl methyl sites for hydroxylation is 1. The van der Waals surface area contributed by atoms with Crippen LogP contribution in [0.1, 0.15) is 28.8 Å². The number of hydrogen-bond acceptors (Lipinski definition) is 5. The number of nitrogens with one attached hydrogen (secondary N) is 2. The lowest BCUT2D eigenvalue weighted by atomic mass is 9.94. The maximum atomic E-state index is 12.4. The van der Waals surface area contributed by atoms with Gasteiger partial charge in [0.15, 0.2) is 5.58 Å². The van der Waals surface area contributed by atoms with Crippen LogP contribution in [0.4, 0.5) is 0 Å². The number of rotatable bonds is 4. The first kappa shape index (κ1) is 17.7. The predicted octanol–water partition coefficient (Wildman–Crippen LogP) is 2.65. The molecule has 0 saturated carbocycles. The molecule has 2 aromatic carbocycles. The van der Waals surface area contributed by atoms with Crippen molar-refractivity contribution in [1.82, 2.24) is 15.6 Å². The third-order valence-electron chi connectivity index (χ3n) is 4.96. The number of fused-ring (bicyclic) bond motifs is 1. The highest BCUT2D eigenvalue weighted by Gasteiger charge is 2.29. The number of amides is 1. The Hall–Kier alpha value is -2.70. The van der Waals surface area contributed by atoms with E-state index in [0.29, 0.717) is 24.4 Å². The van der Waals surface area contributed by atoms with Gasteiger partial charge >= 0.3 is 0 Å². The molecule has 0 aliphatic carbocycles. The maximum absolute atomic E-state index is 12.4. The Kier molecular flexibility index (Phi) is 4.68. The molecule has 2 heterocycles. The van der Waals surface area contributed by atoms with Crippen LogP contribution in [0.25, 0.3) is 22.6 Å². The van der Waals surface area contributed by atoms with Crippen molar-refractivity contribution in [2.24, 2.45) is 0 Å². The second-order valence-electron chi connectivity index (χ2n) is 7.25. The Bertz CT molecular complexity index is 956. The molecule has 1 amide bonds. The summed E-state index contributed by atoms with van der Waals surface area (Å²) >= 11 is 0. The number of benzene rings is 2. The van der Waals surface area contributed by atoms with Crippen LogP contribution in [0.2, 0.25) is 0 Å². The molecule has 140 valence electrons. The highest BCUT2D eigenvalue weighted by molar-refractivity contribution is 5.94. The molecule has 3 aromatic rings. The van der Waals surface area contributed by atoms with Crippen LogP contribution in [0.15, 0.2) is 46.9 Å². The van der Waals surface area contributed by atoms with E-state index in [1.165, 1.54) is 0 Å². The van der Waals surface area contributed by atoms with E-state index >= 15 is 0 Å². The molecule has 0 bridgehead atoms. The molecule has 1 atom stereocenters. The minimum absolute atomic E-state index is 0.200. The van der Waals surface area contributed by atoms with Gasteiger partial charge in [-0.3, -0.25) is 4.79 Å². The van der Waals surface area contributed by atoms with Gasteiger partial charge in [-0.15, -0.1) is 0 Å². The normalized spacial score (nSPS) is 19.9. The van der Waals surface area contributed by atoms with Crippen LogP contribution < -0.4 is 10.6 Å². The number of hydrogen-bond donors (Lipinski definition) is 3. The molecular formula is C21H23N3O3. The maximum Gasteiger partial charge on any atom is 0.251 e. The van der Waals surface area contributed by atoms with E-state index in [0.717, 1.165) is 35.2 Å². The van der Waals surface area contributed by atoms with Crippen LogP contribution in [0, 0.1) is 6.92 Å². The van der Waals surface area contributed by atoms with E-state index in [-0.39, 0.29) is 12.5 Å². The molecule has 1 aliphatic rings. The van der Waals surface area contributed by atoms with E-state index in [2.05, 4.69) is 15.6 Å². The van der Waals surface area contributed by atoms with Gasteiger partial charge in [-0.05, 0) is 68.3 Å². The molecule has 1 fully saturated rings. The van der Waals surface area contributed by atoms with Crippen molar-refractivity contribution in [3.05, 3.63) is 53.6 Å². The molecule has 0 unspecified atom stereocenters. The second kappa shape index (κ2) is 7.13. The van der Waals surface area contributed by atoms with E-state index < -0.39 is 5.60 Å². The van der Waals surface area contributed by atoms with Crippen molar-refractivity contribution in [2.45, 2.75) is 25.4 Å². The molecular weight excluding hydrogens is 342 g/mol. The zero-order chi connectivity index (χ0) is 18.9. The Morgan fingerprint density at radius 3 is 2.85 bits per heavy atom. The fourth-order valence-corrected chi connectivity index (χ4v) is 3.37. The summed E-state index contributed by atoms with van der Waals surface area (Å²) in [5.41, 5.74) is 3.18. The average Bonchev–Trinajstić information content (AvgIpc) is 3.10. The van der Waals surface area contributed by atoms with Gasteiger partial charge in [0, 0.05) is 24.2 Å². The number of β-amino-alcohol motifs (C(OH)–C–C–N with tert-alkyl or cyclic N) is 1. The zero-order valence-electron chi connectivity index (χ0n) is 15.3. The van der Waals surface area contributed by atoms with Gasteiger partial charge in [0.25, 0.3) is 5.91 Å². The molecule has 6 nitrogen and oxygen atoms in total. The first-order valence-electron chi connectivity index (χ1n) is 9.21. The number of nitrogens with zero attached hydrogens (tertiary/aromatic N) is 1. The summed E-state index contributed by atoms with van der Waals surface area (Å²) < 4.78 is 5.80. The number of aliphatic hydroxyl groups is 1. The fourth-order valence-electron chi connectivity index (χ4n) is 3.37. The lowest BCUT2D eigenvalue weighted by molar-refractivity contribution is 0.0170. The third kappa shape index (κ3) is 3.86. The van der Waals surface area contributed by atoms with Crippen molar-refractivity contribution in [3.63, 3.8) is 0 Å².